The monoisotopic (exact) mass is 206 g/mol. The fourth-order valence-electron chi connectivity index (χ4n) is 2.34. The van der Waals surface area contributed by atoms with Crippen LogP contribution in [-0.4, -0.2) is 12.2 Å². The van der Waals surface area contributed by atoms with Gasteiger partial charge in [0.25, 0.3) is 0 Å². The van der Waals surface area contributed by atoms with Crippen LogP contribution in [0, 0.1) is 13.8 Å². The van der Waals surface area contributed by atoms with Gasteiger partial charge in [0.2, 0.25) is 0 Å². The van der Waals surface area contributed by atoms with Crippen molar-refractivity contribution in [1.29, 1.82) is 0 Å². The maximum Gasteiger partial charge on any atom is 0.124 e. The van der Waals surface area contributed by atoms with E-state index in [-0.39, 0.29) is 0 Å². The number of hydrogen-bond donors (Lipinski definition) is 1. The lowest BCUT2D eigenvalue weighted by atomic mass is 9.74. The van der Waals surface area contributed by atoms with Crippen molar-refractivity contribution >= 4 is 0 Å². The maximum absolute atomic E-state index is 10.3. The molecule has 1 aromatic rings. The molecule has 0 bridgehead atoms. The molecule has 0 amide bonds. The summed E-state index contributed by atoms with van der Waals surface area (Å²) in [4.78, 5) is 0. The molecule has 0 atom stereocenters. The summed E-state index contributed by atoms with van der Waals surface area (Å²) in [5.74, 6) is 0.932. The molecule has 1 N–H and O–H groups in total. The molecule has 1 aliphatic carbocycles. The van der Waals surface area contributed by atoms with Gasteiger partial charge in [-0.2, -0.15) is 0 Å². The minimum Gasteiger partial charge on any atom is -0.496 e. The molecular formula is C13H18O2. The summed E-state index contributed by atoms with van der Waals surface area (Å²) in [7, 11) is 1.69. The molecule has 2 heteroatoms. The third-order valence-electron chi connectivity index (χ3n) is 3.38. The normalized spacial score (nSPS) is 18.4. The number of methoxy groups -OCH3 is 1. The van der Waals surface area contributed by atoms with Gasteiger partial charge in [-0.05, 0) is 61.9 Å². The molecule has 2 rings (SSSR count). The van der Waals surface area contributed by atoms with Gasteiger partial charge in [-0.15, -0.1) is 0 Å². The second-order valence-electron chi connectivity index (χ2n) is 4.53. The van der Waals surface area contributed by atoms with Gasteiger partial charge in [0.1, 0.15) is 5.75 Å². The van der Waals surface area contributed by atoms with Crippen molar-refractivity contribution < 1.29 is 9.84 Å². The molecule has 15 heavy (non-hydrogen) atoms. The molecule has 0 radical (unpaired) electrons. The highest BCUT2D eigenvalue weighted by molar-refractivity contribution is 5.45. The smallest absolute Gasteiger partial charge is 0.124 e. The third-order valence-corrected chi connectivity index (χ3v) is 3.38. The van der Waals surface area contributed by atoms with Crippen molar-refractivity contribution in [1.82, 2.24) is 0 Å². The first-order valence-electron chi connectivity index (χ1n) is 5.45. The summed E-state index contributed by atoms with van der Waals surface area (Å²) in [5, 5.41) is 10.3. The predicted molar refractivity (Wildman–Crippen MR) is 60.2 cm³/mol. The second-order valence-corrected chi connectivity index (χ2v) is 4.53. The van der Waals surface area contributed by atoms with Gasteiger partial charge in [0.15, 0.2) is 0 Å². The Hall–Kier alpha value is -1.02. The average molecular weight is 206 g/mol. The summed E-state index contributed by atoms with van der Waals surface area (Å²) < 4.78 is 5.31. The fraction of sp³-hybridized carbons (Fsp3) is 0.538. The highest BCUT2D eigenvalue weighted by Gasteiger charge is 2.36. The molecule has 0 heterocycles. The molecule has 1 aliphatic rings. The summed E-state index contributed by atoms with van der Waals surface area (Å²) in [6.07, 6.45) is 2.90. The Balaban J connectivity index is 2.43. The van der Waals surface area contributed by atoms with E-state index in [0.717, 1.165) is 41.7 Å². The highest BCUT2D eigenvalue weighted by Crippen LogP contribution is 2.42. The fourth-order valence-corrected chi connectivity index (χ4v) is 2.34. The van der Waals surface area contributed by atoms with Gasteiger partial charge in [0.05, 0.1) is 12.7 Å². The van der Waals surface area contributed by atoms with Gasteiger partial charge in [0, 0.05) is 0 Å². The molecule has 0 spiro atoms. The van der Waals surface area contributed by atoms with Gasteiger partial charge < -0.3 is 9.84 Å². The Bertz CT molecular complexity index is 355. The first-order chi connectivity index (χ1) is 7.07. The van der Waals surface area contributed by atoms with Crippen LogP contribution >= 0.6 is 0 Å². The topological polar surface area (TPSA) is 29.5 Å². The molecule has 1 fully saturated rings. The predicted octanol–water partition coefficient (Wildman–Crippen LogP) is 2.68. The van der Waals surface area contributed by atoms with E-state index in [2.05, 4.69) is 0 Å². The van der Waals surface area contributed by atoms with Crippen molar-refractivity contribution in [2.75, 3.05) is 7.11 Å². The van der Waals surface area contributed by atoms with Crippen LogP contribution in [-0.2, 0) is 5.60 Å². The van der Waals surface area contributed by atoms with Crippen LogP contribution in [0.3, 0.4) is 0 Å². The molecule has 0 aromatic heterocycles. The van der Waals surface area contributed by atoms with Crippen LogP contribution in [0.5, 0.6) is 5.75 Å². The van der Waals surface area contributed by atoms with E-state index >= 15 is 0 Å². The Kier molecular flexibility index (Phi) is 2.47. The number of aryl methyl sites for hydroxylation is 2. The van der Waals surface area contributed by atoms with E-state index in [1.165, 1.54) is 0 Å². The van der Waals surface area contributed by atoms with Crippen LogP contribution in [0.4, 0.5) is 0 Å². The lowest BCUT2D eigenvalue weighted by Gasteiger charge is -2.37. The van der Waals surface area contributed by atoms with Crippen LogP contribution in [0.2, 0.25) is 0 Å². The lowest BCUT2D eigenvalue weighted by Crippen LogP contribution is -2.33. The molecular weight excluding hydrogens is 188 g/mol. The van der Waals surface area contributed by atoms with Gasteiger partial charge in [-0.1, -0.05) is 0 Å². The van der Waals surface area contributed by atoms with Crippen LogP contribution in [0.1, 0.15) is 36.0 Å². The summed E-state index contributed by atoms with van der Waals surface area (Å²) in [6, 6.07) is 4.09. The summed E-state index contributed by atoms with van der Waals surface area (Å²) in [6.45, 7) is 4.05. The molecule has 2 nitrogen and oxygen atoms in total. The standard InChI is InChI=1S/C13H18O2/c1-9-7-11(13(14)5-4-6-13)8-10(2)12(9)15-3/h7-8,14H,4-6H2,1-3H3. The number of benzene rings is 1. The van der Waals surface area contributed by atoms with Crippen LogP contribution in [0.25, 0.3) is 0 Å². The largest absolute Gasteiger partial charge is 0.496 e. The second kappa shape index (κ2) is 3.53. The minimum absolute atomic E-state index is 0.568. The van der Waals surface area contributed by atoms with Gasteiger partial charge in [-0.25, -0.2) is 0 Å². The van der Waals surface area contributed by atoms with E-state index in [1.54, 1.807) is 7.11 Å². The molecule has 0 unspecified atom stereocenters. The first kappa shape index (κ1) is 10.5. The molecule has 82 valence electrons. The highest BCUT2D eigenvalue weighted by atomic mass is 16.5. The Morgan fingerprint density at radius 2 is 1.73 bits per heavy atom. The van der Waals surface area contributed by atoms with E-state index in [0.29, 0.717) is 0 Å². The number of ether oxygens (including phenoxy) is 1. The van der Waals surface area contributed by atoms with Crippen molar-refractivity contribution in [2.45, 2.75) is 38.7 Å². The van der Waals surface area contributed by atoms with E-state index in [1.807, 2.05) is 26.0 Å². The molecule has 1 saturated carbocycles. The Labute approximate surface area is 90.9 Å². The third kappa shape index (κ3) is 1.63. The molecule has 1 aromatic carbocycles. The van der Waals surface area contributed by atoms with Gasteiger partial charge >= 0.3 is 0 Å². The van der Waals surface area contributed by atoms with E-state index in [4.69, 9.17) is 4.74 Å². The summed E-state index contributed by atoms with van der Waals surface area (Å²) in [5.41, 5.74) is 2.69. The zero-order valence-electron chi connectivity index (χ0n) is 9.63. The van der Waals surface area contributed by atoms with Gasteiger partial charge in [-0.3, -0.25) is 0 Å². The number of aliphatic hydroxyl groups is 1. The van der Waals surface area contributed by atoms with Crippen molar-refractivity contribution in [3.05, 3.63) is 28.8 Å². The quantitative estimate of drug-likeness (QED) is 0.806. The first-order valence-corrected chi connectivity index (χ1v) is 5.45. The zero-order chi connectivity index (χ0) is 11.1. The van der Waals surface area contributed by atoms with Crippen LogP contribution < -0.4 is 4.74 Å². The number of rotatable bonds is 2. The Morgan fingerprint density at radius 1 is 1.20 bits per heavy atom. The average Bonchev–Trinajstić information content (AvgIpc) is 2.13. The van der Waals surface area contributed by atoms with Crippen molar-refractivity contribution in [3.8, 4) is 5.75 Å². The van der Waals surface area contributed by atoms with Crippen LogP contribution in [0.15, 0.2) is 12.1 Å². The number of hydrogen-bond acceptors (Lipinski definition) is 2. The Morgan fingerprint density at radius 3 is 2.07 bits per heavy atom. The van der Waals surface area contributed by atoms with Crippen molar-refractivity contribution in [3.63, 3.8) is 0 Å². The maximum atomic E-state index is 10.3. The molecule has 0 aliphatic heterocycles. The minimum atomic E-state index is -0.568. The summed E-state index contributed by atoms with van der Waals surface area (Å²) >= 11 is 0. The molecule has 0 saturated heterocycles. The van der Waals surface area contributed by atoms with Crippen molar-refractivity contribution in [2.24, 2.45) is 0 Å². The van der Waals surface area contributed by atoms with E-state index < -0.39 is 5.60 Å². The zero-order valence-corrected chi connectivity index (χ0v) is 9.63. The van der Waals surface area contributed by atoms with E-state index in [9.17, 15) is 5.11 Å². The lowest BCUT2D eigenvalue weighted by molar-refractivity contribution is -0.0389. The SMILES string of the molecule is COc1c(C)cc(C2(O)CCC2)cc1C.